The molecule has 3 fully saturated rings. The van der Waals surface area contributed by atoms with Crippen LogP contribution in [0.4, 0.5) is 5.69 Å². The predicted molar refractivity (Wildman–Crippen MR) is 175 cm³/mol. The molecule has 46 heavy (non-hydrogen) atoms. The standard InChI is InChI=1S/C36H36N6O4/c1-19-23-8-11-28(19)42(17-23)36(44)24-12-27-33(31(15-24)45-3)40(2)35(39-27)29-13-22-7-9-25(38-34(22)41(29)16-20-4-5-20)21-6-10-26-30(14-21)46-18-32(43)37-26/h6-7,9-10,12-15,19-20,23,28H,4-5,8,11,16-18H2,1-3H3,(H,37,43)/t19-,23?,28?/m1/s1. The summed E-state index contributed by atoms with van der Waals surface area (Å²) < 4.78 is 15.9. The van der Waals surface area contributed by atoms with Crippen LogP contribution in [-0.4, -0.2) is 62.1 Å². The van der Waals surface area contributed by atoms with Gasteiger partial charge in [-0.15, -0.1) is 0 Å². The second-order valence-corrected chi connectivity index (χ2v) is 13.5. The lowest BCUT2D eigenvalue weighted by molar-refractivity contribution is -0.118. The number of imidazole rings is 1. The van der Waals surface area contributed by atoms with Crippen molar-refractivity contribution in [1.82, 2.24) is 24.0 Å². The molecule has 5 heterocycles. The van der Waals surface area contributed by atoms with Crippen LogP contribution in [0, 0.1) is 17.8 Å². The predicted octanol–water partition coefficient (Wildman–Crippen LogP) is 5.88. The molecule has 1 saturated heterocycles. The van der Waals surface area contributed by atoms with Gasteiger partial charge in [-0.1, -0.05) is 13.0 Å². The van der Waals surface area contributed by atoms with Gasteiger partial charge in [0.25, 0.3) is 11.8 Å². The fourth-order valence-electron chi connectivity index (χ4n) is 7.98. The molecule has 9 rings (SSSR count). The van der Waals surface area contributed by atoms with Crippen LogP contribution in [0.2, 0.25) is 0 Å². The Morgan fingerprint density at radius 1 is 1.07 bits per heavy atom. The van der Waals surface area contributed by atoms with Gasteiger partial charge in [0.05, 0.1) is 29.7 Å². The van der Waals surface area contributed by atoms with Crippen LogP contribution < -0.4 is 14.8 Å². The van der Waals surface area contributed by atoms with E-state index in [1.807, 2.05) is 43.4 Å². The third-order valence-electron chi connectivity index (χ3n) is 10.7. The number of hydrogen-bond acceptors (Lipinski definition) is 6. The highest BCUT2D eigenvalue weighted by Gasteiger charge is 2.46. The van der Waals surface area contributed by atoms with Crippen molar-refractivity contribution in [3.05, 3.63) is 54.1 Å². The number of piperidine rings is 1. The number of carbonyl (C=O) groups is 2. The summed E-state index contributed by atoms with van der Waals surface area (Å²) in [4.78, 5) is 37.9. The molecular formula is C36H36N6O4. The number of rotatable bonds is 6. The summed E-state index contributed by atoms with van der Waals surface area (Å²) in [5.74, 6) is 3.79. The number of nitrogens with zero attached hydrogens (tertiary/aromatic N) is 5. The van der Waals surface area contributed by atoms with Gasteiger partial charge in [-0.2, -0.15) is 0 Å². The molecule has 2 aliphatic heterocycles. The van der Waals surface area contributed by atoms with Crippen molar-refractivity contribution in [2.75, 3.05) is 25.6 Å². The zero-order valence-corrected chi connectivity index (χ0v) is 26.2. The molecule has 4 aliphatic rings. The Labute approximate surface area is 266 Å². The first-order chi connectivity index (χ1) is 22.4. The number of pyridine rings is 1. The number of carbonyl (C=O) groups excluding carboxylic acids is 2. The molecule has 0 radical (unpaired) electrons. The monoisotopic (exact) mass is 616 g/mol. The normalized spacial score (nSPS) is 21.9. The second-order valence-electron chi connectivity index (χ2n) is 13.5. The summed E-state index contributed by atoms with van der Waals surface area (Å²) in [6.45, 7) is 3.98. The lowest BCUT2D eigenvalue weighted by Crippen LogP contribution is -2.38. The number of benzene rings is 2. The number of methoxy groups -OCH3 is 1. The van der Waals surface area contributed by atoms with Crippen molar-refractivity contribution in [2.24, 2.45) is 24.8 Å². The second kappa shape index (κ2) is 10.1. The van der Waals surface area contributed by atoms with Gasteiger partial charge in [-0.3, -0.25) is 9.59 Å². The average molecular weight is 617 g/mol. The molecule has 2 aliphatic carbocycles. The topological polar surface area (TPSA) is 104 Å². The number of ether oxygens (including phenoxy) is 2. The number of aromatic nitrogens is 4. The van der Waals surface area contributed by atoms with E-state index in [4.69, 9.17) is 19.4 Å². The Bertz CT molecular complexity index is 2090. The molecule has 10 heteroatoms. The van der Waals surface area contributed by atoms with Gasteiger partial charge in [-0.05, 0) is 85.9 Å². The summed E-state index contributed by atoms with van der Waals surface area (Å²) in [6.07, 6.45) is 4.70. The van der Waals surface area contributed by atoms with Crippen molar-refractivity contribution >= 4 is 39.6 Å². The Balaban J connectivity index is 1.13. The number of fused-ring (bicyclic) bond motifs is 5. The van der Waals surface area contributed by atoms with E-state index in [9.17, 15) is 9.59 Å². The van der Waals surface area contributed by atoms with Gasteiger partial charge < -0.3 is 28.8 Å². The summed E-state index contributed by atoms with van der Waals surface area (Å²) >= 11 is 0. The number of likely N-dealkylation sites (tertiary alicyclic amines) is 1. The van der Waals surface area contributed by atoms with Gasteiger partial charge in [0.2, 0.25) is 0 Å². The quantitative estimate of drug-likeness (QED) is 0.256. The highest BCUT2D eigenvalue weighted by atomic mass is 16.5. The lowest BCUT2D eigenvalue weighted by Gasteiger charge is -2.27. The molecule has 0 spiro atoms. The molecule has 2 amide bonds. The smallest absolute Gasteiger partial charge is 0.262 e. The molecule has 2 aromatic carbocycles. The van der Waals surface area contributed by atoms with E-state index in [1.54, 1.807) is 7.11 Å². The van der Waals surface area contributed by atoms with Crippen LogP contribution in [-0.2, 0) is 18.4 Å². The SMILES string of the molecule is COc1cc(C(=O)N2CC3CCC2[C@@H]3C)cc2nc(-c3cc4ccc(-c5ccc6c(c5)OCC(=O)N6)nc4n3CC3CC3)n(C)c12. The molecule has 3 atom stereocenters. The maximum absolute atomic E-state index is 13.8. The lowest BCUT2D eigenvalue weighted by atomic mass is 10.0. The molecular weight excluding hydrogens is 580 g/mol. The molecule has 10 nitrogen and oxygen atoms in total. The maximum atomic E-state index is 13.8. The first-order valence-corrected chi connectivity index (χ1v) is 16.3. The third kappa shape index (κ3) is 4.22. The van der Waals surface area contributed by atoms with E-state index in [2.05, 4.69) is 38.4 Å². The van der Waals surface area contributed by atoms with Crippen LogP contribution in [0.15, 0.2) is 48.5 Å². The Morgan fingerprint density at radius 3 is 2.70 bits per heavy atom. The minimum absolute atomic E-state index is 0.00736. The third-order valence-corrected chi connectivity index (χ3v) is 10.7. The van der Waals surface area contributed by atoms with E-state index in [1.165, 1.54) is 19.3 Å². The van der Waals surface area contributed by atoms with Gasteiger partial charge in [0.1, 0.15) is 22.7 Å². The van der Waals surface area contributed by atoms with Crippen LogP contribution in [0.5, 0.6) is 11.5 Å². The molecule has 3 aromatic heterocycles. The number of nitrogens with one attached hydrogen (secondary N) is 1. The van der Waals surface area contributed by atoms with Crippen LogP contribution in [0.3, 0.4) is 0 Å². The van der Waals surface area contributed by atoms with E-state index >= 15 is 0 Å². The fourth-order valence-corrected chi connectivity index (χ4v) is 7.98. The zero-order chi connectivity index (χ0) is 31.3. The molecule has 2 bridgehead atoms. The van der Waals surface area contributed by atoms with Crippen molar-refractivity contribution in [1.29, 1.82) is 0 Å². The Morgan fingerprint density at radius 2 is 1.93 bits per heavy atom. The van der Waals surface area contributed by atoms with Gasteiger partial charge >= 0.3 is 0 Å². The summed E-state index contributed by atoms with van der Waals surface area (Å²) in [5.41, 5.74) is 6.55. The zero-order valence-electron chi connectivity index (χ0n) is 26.2. The highest BCUT2D eigenvalue weighted by molar-refractivity contribution is 6.00. The largest absolute Gasteiger partial charge is 0.494 e. The van der Waals surface area contributed by atoms with Crippen molar-refractivity contribution < 1.29 is 19.1 Å². The molecule has 1 N–H and O–H groups in total. The van der Waals surface area contributed by atoms with E-state index in [-0.39, 0.29) is 18.4 Å². The minimum Gasteiger partial charge on any atom is -0.494 e. The van der Waals surface area contributed by atoms with Gasteiger partial charge in [0, 0.05) is 42.7 Å². The number of anilines is 1. The molecule has 2 saturated carbocycles. The van der Waals surface area contributed by atoms with E-state index in [0.29, 0.717) is 46.5 Å². The average Bonchev–Trinajstić information content (AvgIpc) is 3.47. The van der Waals surface area contributed by atoms with Gasteiger partial charge in [-0.25, -0.2) is 9.97 Å². The first-order valence-electron chi connectivity index (χ1n) is 16.3. The summed E-state index contributed by atoms with van der Waals surface area (Å²) in [5, 5.41) is 3.89. The van der Waals surface area contributed by atoms with Crippen LogP contribution in [0.1, 0.15) is 43.0 Å². The van der Waals surface area contributed by atoms with Gasteiger partial charge in [0.15, 0.2) is 12.4 Å². The fraction of sp³-hybridized carbons (Fsp3) is 0.389. The molecule has 5 aromatic rings. The van der Waals surface area contributed by atoms with Crippen LogP contribution >= 0.6 is 0 Å². The number of aryl methyl sites for hydroxylation is 1. The number of amides is 2. The Hall–Kier alpha value is -4.86. The van der Waals surface area contributed by atoms with Crippen LogP contribution in [0.25, 0.3) is 44.8 Å². The van der Waals surface area contributed by atoms with Crippen molar-refractivity contribution in [3.63, 3.8) is 0 Å². The summed E-state index contributed by atoms with van der Waals surface area (Å²) in [7, 11) is 3.67. The molecule has 2 unspecified atom stereocenters. The Kier molecular flexibility index (Phi) is 6.01. The number of hydrogen-bond donors (Lipinski definition) is 1. The van der Waals surface area contributed by atoms with Crippen molar-refractivity contribution in [2.45, 2.75) is 45.2 Å². The van der Waals surface area contributed by atoms with E-state index < -0.39 is 0 Å². The molecule has 234 valence electrons. The maximum Gasteiger partial charge on any atom is 0.262 e. The first kappa shape index (κ1) is 27.5. The van der Waals surface area contributed by atoms with Crippen molar-refractivity contribution in [3.8, 4) is 34.3 Å². The minimum atomic E-state index is -0.152. The summed E-state index contributed by atoms with van der Waals surface area (Å²) in [6, 6.07) is 16.2. The van der Waals surface area contributed by atoms with E-state index in [0.717, 1.165) is 64.4 Å². The highest BCUT2D eigenvalue weighted by Crippen LogP contribution is 2.44.